The first-order valence-corrected chi connectivity index (χ1v) is 6.00. The smallest absolute Gasteiger partial charge is 0.167 e. The van der Waals surface area contributed by atoms with Gasteiger partial charge in [-0.15, -0.1) is 0 Å². The highest BCUT2D eigenvalue weighted by atomic mass is 79.9. The molecule has 0 aliphatic rings. The Kier molecular flexibility index (Phi) is 3.33. The lowest BCUT2D eigenvalue weighted by Crippen LogP contribution is -1.94. The van der Waals surface area contributed by atoms with Crippen LogP contribution in [0.4, 0.5) is 5.69 Å². The number of ether oxygens (including phenoxy) is 1. The molecule has 4 heteroatoms. The lowest BCUT2D eigenvalue weighted by Gasteiger charge is -2.11. The predicted molar refractivity (Wildman–Crippen MR) is 72.3 cm³/mol. The van der Waals surface area contributed by atoms with Crippen molar-refractivity contribution in [1.82, 2.24) is 4.98 Å². The molecule has 1 aromatic heterocycles. The number of halogens is 1. The minimum atomic E-state index is 0.513. The van der Waals surface area contributed by atoms with Crippen LogP contribution < -0.4 is 10.5 Å². The Morgan fingerprint density at radius 1 is 1.12 bits per heavy atom. The highest BCUT2D eigenvalue weighted by Crippen LogP contribution is 2.34. The van der Waals surface area contributed by atoms with Gasteiger partial charge in [0.15, 0.2) is 5.75 Å². The topological polar surface area (TPSA) is 48.1 Å². The van der Waals surface area contributed by atoms with E-state index >= 15 is 0 Å². The number of nitrogen functional groups attached to an aromatic ring is 1. The molecule has 2 aromatic rings. The van der Waals surface area contributed by atoms with Crippen LogP contribution in [-0.4, -0.2) is 4.98 Å². The van der Waals surface area contributed by atoms with Gasteiger partial charge >= 0.3 is 0 Å². The molecular formula is C13H13BrN2O. The first-order valence-electron chi connectivity index (χ1n) is 5.21. The molecule has 0 amide bonds. The summed E-state index contributed by atoms with van der Waals surface area (Å²) in [5.74, 6) is 1.38. The van der Waals surface area contributed by atoms with Gasteiger partial charge in [0, 0.05) is 6.20 Å². The molecule has 0 fully saturated rings. The summed E-state index contributed by atoms with van der Waals surface area (Å²) < 4.78 is 6.54. The van der Waals surface area contributed by atoms with Crippen LogP contribution in [-0.2, 0) is 0 Å². The van der Waals surface area contributed by atoms with Gasteiger partial charge in [0.25, 0.3) is 0 Å². The van der Waals surface area contributed by atoms with Crippen LogP contribution >= 0.6 is 15.9 Å². The Hall–Kier alpha value is -1.55. The zero-order valence-corrected chi connectivity index (χ0v) is 11.3. The van der Waals surface area contributed by atoms with Crippen molar-refractivity contribution in [1.29, 1.82) is 0 Å². The van der Waals surface area contributed by atoms with E-state index in [-0.39, 0.29) is 0 Å². The zero-order valence-electron chi connectivity index (χ0n) is 9.70. The average molecular weight is 293 g/mol. The van der Waals surface area contributed by atoms with E-state index in [9.17, 15) is 0 Å². The fourth-order valence-corrected chi connectivity index (χ4v) is 2.08. The molecule has 17 heavy (non-hydrogen) atoms. The summed E-state index contributed by atoms with van der Waals surface area (Å²) in [6.45, 7) is 4.07. The van der Waals surface area contributed by atoms with Crippen molar-refractivity contribution in [2.24, 2.45) is 0 Å². The number of rotatable bonds is 2. The van der Waals surface area contributed by atoms with Gasteiger partial charge in [-0.05, 0) is 53.0 Å². The molecule has 0 atom stereocenters. The number of hydrogen-bond acceptors (Lipinski definition) is 3. The monoisotopic (exact) mass is 292 g/mol. The Labute approximate surface area is 109 Å². The predicted octanol–water partition coefficient (Wildman–Crippen LogP) is 3.84. The second-order valence-electron chi connectivity index (χ2n) is 3.97. The van der Waals surface area contributed by atoms with E-state index in [0.29, 0.717) is 11.4 Å². The molecule has 1 aromatic carbocycles. The van der Waals surface area contributed by atoms with Crippen LogP contribution in [0.5, 0.6) is 11.5 Å². The summed E-state index contributed by atoms with van der Waals surface area (Å²) in [4.78, 5) is 3.97. The first kappa shape index (κ1) is 11.9. The van der Waals surface area contributed by atoms with E-state index in [1.165, 1.54) is 0 Å². The SMILES string of the molecule is Cc1cc(C)cc(Oc2c(N)cncc2Br)c1. The van der Waals surface area contributed by atoms with Crippen molar-refractivity contribution in [3.63, 3.8) is 0 Å². The molecule has 0 saturated carbocycles. The molecule has 2 N–H and O–H groups in total. The zero-order chi connectivity index (χ0) is 12.4. The van der Waals surface area contributed by atoms with E-state index in [0.717, 1.165) is 21.3 Å². The summed E-state index contributed by atoms with van der Waals surface area (Å²) in [5.41, 5.74) is 8.65. The first-order chi connectivity index (χ1) is 8.06. The maximum atomic E-state index is 5.83. The van der Waals surface area contributed by atoms with Gasteiger partial charge in [-0.25, -0.2) is 0 Å². The van der Waals surface area contributed by atoms with E-state index in [2.05, 4.69) is 27.0 Å². The third-order valence-electron chi connectivity index (χ3n) is 2.30. The van der Waals surface area contributed by atoms with Crippen LogP contribution in [0.25, 0.3) is 0 Å². The molecule has 88 valence electrons. The fraction of sp³-hybridized carbons (Fsp3) is 0.154. The molecule has 0 bridgehead atoms. The Morgan fingerprint density at radius 3 is 2.35 bits per heavy atom. The largest absolute Gasteiger partial charge is 0.454 e. The number of pyridine rings is 1. The van der Waals surface area contributed by atoms with Crippen LogP contribution in [0, 0.1) is 13.8 Å². The molecule has 0 aliphatic carbocycles. The number of nitrogens with two attached hydrogens (primary N) is 1. The lowest BCUT2D eigenvalue weighted by molar-refractivity contribution is 0.480. The van der Waals surface area contributed by atoms with E-state index in [4.69, 9.17) is 10.5 Å². The van der Waals surface area contributed by atoms with Crippen LogP contribution in [0.2, 0.25) is 0 Å². The van der Waals surface area contributed by atoms with Crippen molar-refractivity contribution >= 4 is 21.6 Å². The summed E-state index contributed by atoms with van der Waals surface area (Å²) in [5, 5.41) is 0. The summed E-state index contributed by atoms with van der Waals surface area (Å²) >= 11 is 3.37. The third kappa shape index (κ3) is 2.77. The van der Waals surface area contributed by atoms with Crippen molar-refractivity contribution in [2.75, 3.05) is 5.73 Å². The number of benzene rings is 1. The van der Waals surface area contributed by atoms with Gasteiger partial charge in [0.1, 0.15) is 5.75 Å². The van der Waals surface area contributed by atoms with Gasteiger partial charge < -0.3 is 10.5 Å². The highest BCUT2D eigenvalue weighted by molar-refractivity contribution is 9.10. The lowest BCUT2D eigenvalue weighted by atomic mass is 10.1. The van der Waals surface area contributed by atoms with Gasteiger partial charge in [-0.1, -0.05) is 6.07 Å². The molecule has 2 rings (SSSR count). The third-order valence-corrected chi connectivity index (χ3v) is 2.86. The van der Waals surface area contributed by atoms with E-state index in [1.807, 2.05) is 26.0 Å². The van der Waals surface area contributed by atoms with Crippen molar-refractivity contribution < 1.29 is 4.74 Å². The second kappa shape index (κ2) is 4.75. The van der Waals surface area contributed by atoms with Crippen molar-refractivity contribution in [3.8, 4) is 11.5 Å². The molecule has 1 heterocycles. The standard InChI is InChI=1S/C13H13BrN2O/c1-8-3-9(2)5-10(4-8)17-13-11(14)6-16-7-12(13)15/h3-7H,15H2,1-2H3. The van der Waals surface area contributed by atoms with Crippen molar-refractivity contribution in [2.45, 2.75) is 13.8 Å². The summed E-state index contributed by atoms with van der Waals surface area (Å²) in [6, 6.07) is 6.04. The van der Waals surface area contributed by atoms with Crippen LogP contribution in [0.1, 0.15) is 11.1 Å². The quantitative estimate of drug-likeness (QED) is 0.915. The Bertz CT molecular complexity index is 515. The van der Waals surface area contributed by atoms with E-state index in [1.54, 1.807) is 12.4 Å². The highest BCUT2D eigenvalue weighted by Gasteiger charge is 2.08. The van der Waals surface area contributed by atoms with Gasteiger partial charge in [-0.3, -0.25) is 4.98 Å². The van der Waals surface area contributed by atoms with Gasteiger partial charge in [0.05, 0.1) is 16.4 Å². The summed E-state index contributed by atoms with van der Waals surface area (Å²) in [7, 11) is 0. The number of anilines is 1. The molecule has 0 radical (unpaired) electrons. The van der Waals surface area contributed by atoms with E-state index < -0.39 is 0 Å². The molecule has 0 spiro atoms. The van der Waals surface area contributed by atoms with Crippen LogP contribution in [0.3, 0.4) is 0 Å². The molecule has 3 nitrogen and oxygen atoms in total. The number of aryl methyl sites for hydroxylation is 2. The average Bonchev–Trinajstić information content (AvgIpc) is 2.22. The molecule has 0 saturated heterocycles. The fourth-order valence-electron chi connectivity index (χ4n) is 1.66. The van der Waals surface area contributed by atoms with Gasteiger partial charge in [-0.2, -0.15) is 0 Å². The number of aromatic nitrogens is 1. The molecular weight excluding hydrogens is 280 g/mol. The minimum Gasteiger partial charge on any atom is -0.454 e. The Balaban J connectivity index is 2.38. The van der Waals surface area contributed by atoms with Gasteiger partial charge in [0.2, 0.25) is 0 Å². The summed E-state index contributed by atoms with van der Waals surface area (Å²) in [6.07, 6.45) is 3.23. The maximum Gasteiger partial charge on any atom is 0.167 e. The number of hydrogen-bond donors (Lipinski definition) is 1. The van der Waals surface area contributed by atoms with Crippen LogP contribution in [0.15, 0.2) is 35.1 Å². The second-order valence-corrected chi connectivity index (χ2v) is 4.82. The number of nitrogens with zero attached hydrogens (tertiary/aromatic N) is 1. The molecule has 0 unspecified atom stereocenters. The minimum absolute atomic E-state index is 0.513. The molecule has 0 aliphatic heterocycles. The Morgan fingerprint density at radius 2 is 1.76 bits per heavy atom. The van der Waals surface area contributed by atoms with Crippen molar-refractivity contribution in [3.05, 3.63) is 46.2 Å². The normalized spacial score (nSPS) is 10.3. The maximum absolute atomic E-state index is 5.83.